The molecule has 2 aliphatic rings. The van der Waals surface area contributed by atoms with Gasteiger partial charge in [-0.1, -0.05) is 48.1 Å². The predicted molar refractivity (Wildman–Crippen MR) is 122 cm³/mol. The highest BCUT2D eigenvalue weighted by atomic mass is 32.1. The number of anilines is 1. The molecule has 1 aromatic heterocycles. The first-order valence-electron chi connectivity index (χ1n) is 10.9. The Morgan fingerprint density at radius 2 is 2.06 bits per heavy atom. The Labute approximate surface area is 185 Å². The van der Waals surface area contributed by atoms with Crippen LogP contribution in [0.4, 0.5) is 5.13 Å². The topological polar surface area (TPSA) is 71.5 Å². The Morgan fingerprint density at radius 1 is 1.23 bits per heavy atom. The molecule has 2 heterocycles. The van der Waals surface area contributed by atoms with Crippen LogP contribution in [-0.2, 0) is 17.8 Å². The monoisotopic (exact) mass is 435 g/mol. The summed E-state index contributed by atoms with van der Waals surface area (Å²) in [5.74, 6) is 0.791. The molecule has 0 unspecified atom stereocenters. The third-order valence-electron chi connectivity index (χ3n) is 6.13. The van der Waals surface area contributed by atoms with Crippen LogP contribution < -0.4 is 10.1 Å². The maximum atomic E-state index is 13.6. The maximum Gasteiger partial charge on any atom is 0.258 e. The van der Waals surface area contributed by atoms with E-state index in [0.717, 1.165) is 40.6 Å². The van der Waals surface area contributed by atoms with Crippen LogP contribution >= 0.6 is 11.3 Å². The number of carbonyl (C=O) groups is 2. The van der Waals surface area contributed by atoms with Crippen LogP contribution in [0, 0.1) is 5.92 Å². The van der Waals surface area contributed by atoms with Crippen molar-refractivity contribution in [3.63, 3.8) is 0 Å². The fraction of sp³-hybridized carbons (Fsp3) is 0.375. The molecule has 0 saturated heterocycles. The lowest BCUT2D eigenvalue weighted by Crippen LogP contribution is -2.35. The quantitative estimate of drug-likeness (QED) is 0.634. The van der Waals surface area contributed by atoms with Crippen LogP contribution in [0.15, 0.2) is 36.4 Å². The molecule has 1 fully saturated rings. The van der Waals surface area contributed by atoms with Gasteiger partial charge in [0.15, 0.2) is 5.13 Å². The van der Waals surface area contributed by atoms with Crippen molar-refractivity contribution in [1.29, 1.82) is 0 Å². The molecule has 0 bridgehead atoms. The molecular formula is C24H25N3O3S. The van der Waals surface area contributed by atoms with Crippen molar-refractivity contribution in [3.8, 4) is 5.75 Å². The van der Waals surface area contributed by atoms with E-state index in [0.29, 0.717) is 42.6 Å². The lowest BCUT2D eigenvalue weighted by Gasteiger charge is -2.27. The van der Waals surface area contributed by atoms with Crippen molar-refractivity contribution >= 4 is 39.1 Å². The molecular weight excluding hydrogens is 410 g/mol. The first kappa shape index (κ1) is 20.0. The van der Waals surface area contributed by atoms with Gasteiger partial charge in [0.05, 0.1) is 24.4 Å². The standard InChI is InChI=1S/C24H25N3O3S/c1-2-30-19-11-10-15-6-3-4-9-17(15)21(19)23(29)27-13-12-18-20(14-27)31-24(25-18)26-22(28)16-7-5-8-16/h3-4,6,9-11,16H,2,5,7-8,12-14H2,1H3,(H,25,26,28). The van der Waals surface area contributed by atoms with Crippen molar-refractivity contribution < 1.29 is 14.3 Å². The molecule has 160 valence electrons. The second kappa shape index (κ2) is 8.30. The molecule has 7 heteroatoms. The average Bonchev–Trinajstić information content (AvgIpc) is 3.13. The fourth-order valence-corrected chi connectivity index (χ4v) is 5.23. The highest BCUT2D eigenvalue weighted by Gasteiger charge is 2.30. The van der Waals surface area contributed by atoms with Crippen LogP contribution in [0.5, 0.6) is 5.75 Å². The molecule has 0 spiro atoms. The summed E-state index contributed by atoms with van der Waals surface area (Å²) in [5, 5.41) is 5.55. The van der Waals surface area contributed by atoms with E-state index in [1.807, 2.05) is 48.2 Å². The molecule has 2 amide bonds. The molecule has 1 aliphatic heterocycles. The van der Waals surface area contributed by atoms with Crippen LogP contribution in [0.2, 0.25) is 0 Å². The largest absolute Gasteiger partial charge is 0.493 e. The minimum absolute atomic E-state index is 0.0284. The van der Waals surface area contributed by atoms with E-state index in [9.17, 15) is 9.59 Å². The second-order valence-corrected chi connectivity index (χ2v) is 9.16. The lowest BCUT2D eigenvalue weighted by molar-refractivity contribution is -0.122. The van der Waals surface area contributed by atoms with Gasteiger partial charge in [0.2, 0.25) is 5.91 Å². The minimum atomic E-state index is -0.0284. The van der Waals surface area contributed by atoms with Crippen LogP contribution in [0.3, 0.4) is 0 Å². The summed E-state index contributed by atoms with van der Waals surface area (Å²) >= 11 is 1.48. The first-order chi connectivity index (χ1) is 15.1. The highest BCUT2D eigenvalue weighted by Crippen LogP contribution is 2.34. The van der Waals surface area contributed by atoms with Gasteiger partial charge in [-0.2, -0.15) is 0 Å². The summed E-state index contributed by atoms with van der Waals surface area (Å²) < 4.78 is 5.81. The summed E-state index contributed by atoms with van der Waals surface area (Å²) in [6.07, 6.45) is 3.74. The predicted octanol–water partition coefficient (Wildman–Crippen LogP) is 4.63. The Hall–Kier alpha value is -2.93. The third-order valence-corrected chi connectivity index (χ3v) is 7.13. The van der Waals surface area contributed by atoms with E-state index in [-0.39, 0.29) is 17.7 Å². The van der Waals surface area contributed by atoms with Gasteiger partial charge in [0.25, 0.3) is 5.91 Å². The zero-order valence-electron chi connectivity index (χ0n) is 17.5. The van der Waals surface area contributed by atoms with E-state index < -0.39 is 0 Å². The van der Waals surface area contributed by atoms with Gasteiger partial charge in [-0.25, -0.2) is 4.98 Å². The smallest absolute Gasteiger partial charge is 0.258 e. The van der Waals surface area contributed by atoms with E-state index >= 15 is 0 Å². The number of rotatable bonds is 5. The van der Waals surface area contributed by atoms with Gasteiger partial charge >= 0.3 is 0 Å². The Bertz CT molecular complexity index is 1150. The molecule has 3 aromatic rings. The number of fused-ring (bicyclic) bond motifs is 2. The summed E-state index contributed by atoms with van der Waals surface area (Å²) in [4.78, 5) is 33.4. The van der Waals surface area contributed by atoms with Crippen molar-refractivity contribution in [2.24, 2.45) is 5.92 Å². The molecule has 2 aromatic carbocycles. The Balaban J connectivity index is 1.40. The van der Waals surface area contributed by atoms with Crippen molar-refractivity contribution in [2.75, 3.05) is 18.5 Å². The SMILES string of the molecule is CCOc1ccc2ccccc2c1C(=O)N1CCc2nc(NC(=O)C3CCC3)sc2C1. The lowest BCUT2D eigenvalue weighted by atomic mass is 9.85. The minimum Gasteiger partial charge on any atom is -0.493 e. The van der Waals surface area contributed by atoms with Crippen LogP contribution in [0.1, 0.15) is 47.1 Å². The van der Waals surface area contributed by atoms with E-state index in [1.54, 1.807) is 0 Å². The number of ether oxygens (including phenoxy) is 1. The number of nitrogens with zero attached hydrogens (tertiary/aromatic N) is 2. The van der Waals surface area contributed by atoms with Crippen molar-refractivity contribution in [1.82, 2.24) is 9.88 Å². The number of amides is 2. The fourth-order valence-electron chi connectivity index (χ4n) is 4.21. The zero-order chi connectivity index (χ0) is 21.4. The maximum absolute atomic E-state index is 13.6. The van der Waals surface area contributed by atoms with Gasteiger partial charge < -0.3 is 15.0 Å². The molecule has 1 aliphatic carbocycles. The highest BCUT2D eigenvalue weighted by molar-refractivity contribution is 7.15. The number of nitrogens with one attached hydrogen (secondary N) is 1. The van der Waals surface area contributed by atoms with E-state index in [1.165, 1.54) is 11.3 Å². The number of thiazole rings is 1. The van der Waals surface area contributed by atoms with Crippen molar-refractivity contribution in [2.45, 2.75) is 39.2 Å². The molecule has 0 radical (unpaired) electrons. The molecule has 6 nitrogen and oxygen atoms in total. The molecule has 31 heavy (non-hydrogen) atoms. The van der Waals surface area contributed by atoms with E-state index in [4.69, 9.17) is 4.74 Å². The van der Waals surface area contributed by atoms with Gasteiger partial charge in [0.1, 0.15) is 5.75 Å². The summed E-state index contributed by atoms with van der Waals surface area (Å²) in [5.41, 5.74) is 1.60. The van der Waals surface area contributed by atoms with Gasteiger partial charge in [-0.05, 0) is 36.6 Å². The number of benzene rings is 2. The summed E-state index contributed by atoms with van der Waals surface area (Å²) in [7, 11) is 0. The van der Waals surface area contributed by atoms with Crippen LogP contribution in [-0.4, -0.2) is 34.8 Å². The Kier molecular flexibility index (Phi) is 5.36. The molecule has 5 rings (SSSR count). The zero-order valence-corrected chi connectivity index (χ0v) is 18.3. The van der Waals surface area contributed by atoms with E-state index in [2.05, 4.69) is 10.3 Å². The number of hydrogen-bond donors (Lipinski definition) is 1. The normalized spacial score (nSPS) is 16.0. The second-order valence-electron chi connectivity index (χ2n) is 8.08. The van der Waals surface area contributed by atoms with Gasteiger partial charge in [0, 0.05) is 23.8 Å². The van der Waals surface area contributed by atoms with Crippen molar-refractivity contribution in [3.05, 3.63) is 52.5 Å². The molecule has 1 N–H and O–H groups in total. The number of aromatic nitrogens is 1. The number of carbonyl (C=O) groups excluding carboxylic acids is 2. The average molecular weight is 436 g/mol. The Morgan fingerprint density at radius 3 is 2.84 bits per heavy atom. The summed E-state index contributed by atoms with van der Waals surface area (Å²) in [6.45, 7) is 3.52. The number of hydrogen-bond acceptors (Lipinski definition) is 5. The summed E-state index contributed by atoms with van der Waals surface area (Å²) in [6, 6.07) is 11.8. The van der Waals surface area contributed by atoms with Gasteiger partial charge in [-0.15, -0.1) is 0 Å². The first-order valence-corrected chi connectivity index (χ1v) is 11.7. The third kappa shape index (κ3) is 3.78. The molecule has 1 saturated carbocycles. The van der Waals surface area contributed by atoms with Crippen LogP contribution in [0.25, 0.3) is 10.8 Å². The molecule has 0 atom stereocenters. The van der Waals surface area contributed by atoms with Gasteiger partial charge in [-0.3, -0.25) is 9.59 Å².